The second-order valence-electron chi connectivity index (χ2n) is 3.90. The number of hydrogen-bond acceptors (Lipinski definition) is 2. The van der Waals surface area contributed by atoms with Gasteiger partial charge in [-0.15, -0.1) is 16.7 Å². The average molecular weight is 323 g/mol. The maximum Gasteiger partial charge on any atom is 0.113 e. The van der Waals surface area contributed by atoms with Crippen LogP contribution >= 0.6 is 27.5 Å². The lowest BCUT2D eigenvalue weighted by molar-refractivity contribution is 0.817. The normalized spacial score (nSPS) is 11.0. The van der Waals surface area contributed by atoms with Gasteiger partial charge in [-0.2, -0.15) is 0 Å². The zero-order valence-corrected chi connectivity index (χ0v) is 11.7. The number of rotatable bonds is 2. The number of halogens is 2. The Hall–Kier alpha value is -1.39. The molecule has 0 N–H and O–H groups in total. The first-order valence-electron chi connectivity index (χ1n) is 5.45. The number of benzene rings is 2. The molecule has 0 unspecified atom stereocenters. The van der Waals surface area contributed by atoms with Crippen molar-refractivity contribution in [3.63, 3.8) is 0 Å². The minimum absolute atomic E-state index is 0.441. The van der Waals surface area contributed by atoms with Crippen molar-refractivity contribution in [3.8, 4) is 5.69 Å². The fraction of sp³-hybridized carbons (Fsp3) is 0.0769. The monoisotopic (exact) mass is 321 g/mol. The third-order valence-electron chi connectivity index (χ3n) is 2.77. The molecule has 0 spiro atoms. The Balaban J connectivity index is 2.29. The summed E-state index contributed by atoms with van der Waals surface area (Å²) in [7, 11) is 0. The van der Waals surface area contributed by atoms with E-state index in [0.29, 0.717) is 5.88 Å². The van der Waals surface area contributed by atoms with Crippen LogP contribution in [0.4, 0.5) is 0 Å². The van der Waals surface area contributed by atoms with E-state index in [0.717, 1.165) is 26.8 Å². The van der Waals surface area contributed by atoms with E-state index >= 15 is 0 Å². The van der Waals surface area contributed by atoms with Gasteiger partial charge in [0.05, 0.1) is 11.2 Å². The number of hydrogen-bond donors (Lipinski definition) is 0. The molecule has 3 rings (SSSR count). The van der Waals surface area contributed by atoms with E-state index in [1.54, 1.807) is 0 Å². The van der Waals surface area contributed by atoms with Gasteiger partial charge < -0.3 is 0 Å². The standard InChI is InChI=1S/C13H9BrClN3/c14-10-6-5-9(8-15)13(7-10)18-12-4-2-1-3-11(12)16-17-18/h1-7H,8H2. The Labute approximate surface area is 118 Å². The highest BCUT2D eigenvalue weighted by atomic mass is 79.9. The molecule has 5 heteroatoms. The second kappa shape index (κ2) is 4.71. The summed E-state index contributed by atoms with van der Waals surface area (Å²) >= 11 is 9.45. The van der Waals surface area contributed by atoms with Crippen molar-refractivity contribution >= 4 is 38.6 Å². The molecule has 1 heterocycles. The summed E-state index contributed by atoms with van der Waals surface area (Å²) in [5.74, 6) is 0.441. The summed E-state index contributed by atoms with van der Waals surface area (Å²) in [6.45, 7) is 0. The molecule has 0 radical (unpaired) electrons. The molecule has 3 nitrogen and oxygen atoms in total. The van der Waals surface area contributed by atoms with Crippen LogP contribution in [0.3, 0.4) is 0 Å². The lowest BCUT2D eigenvalue weighted by Crippen LogP contribution is -2.00. The number of para-hydroxylation sites is 1. The summed E-state index contributed by atoms with van der Waals surface area (Å²) in [5, 5.41) is 8.36. The van der Waals surface area contributed by atoms with Crippen molar-refractivity contribution in [2.75, 3.05) is 0 Å². The highest BCUT2D eigenvalue weighted by Crippen LogP contribution is 2.24. The van der Waals surface area contributed by atoms with Gasteiger partial charge >= 0.3 is 0 Å². The van der Waals surface area contributed by atoms with Crippen LogP contribution in [0.5, 0.6) is 0 Å². The number of nitrogens with zero attached hydrogens (tertiary/aromatic N) is 3. The highest BCUT2D eigenvalue weighted by molar-refractivity contribution is 9.10. The molecule has 0 atom stereocenters. The molecule has 0 aliphatic heterocycles. The fourth-order valence-corrected chi connectivity index (χ4v) is 2.47. The first kappa shape index (κ1) is 11.7. The Morgan fingerprint density at radius 2 is 2.00 bits per heavy atom. The highest BCUT2D eigenvalue weighted by Gasteiger charge is 2.10. The van der Waals surface area contributed by atoms with Crippen molar-refractivity contribution < 1.29 is 0 Å². The first-order valence-corrected chi connectivity index (χ1v) is 6.77. The second-order valence-corrected chi connectivity index (χ2v) is 5.08. The minimum atomic E-state index is 0.441. The summed E-state index contributed by atoms with van der Waals surface area (Å²) in [4.78, 5) is 0. The van der Waals surface area contributed by atoms with Gasteiger partial charge in [0, 0.05) is 10.4 Å². The predicted octanol–water partition coefficient (Wildman–Crippen LogP) is 3.92. The van der Waals surface area contributed by atoms with Crippen molar-refractivity contribution in [2.45, 2.75) is 5.88 Å². The molecule has 1 aromatic heterocycles. The molecule has 0 aliphatic carbocycles. The van der Waals surface area contributed by atoms with Gasteiger partial charge in [-0.25, -0.2) is 4.68 Å². The summed E-state index contributed by atoms with van der Waals surface area (Å²) in [6, 6.07) is 13.8. The quantitative estimate of drug-likeness (QED) is 0.669. The Morgan fingerprint density at radius 1 is 1.17 bits per heavy atom. The Morgan fingerprint density at radius 3 is 2.83 bits per heavy atom. The van der Waals surface area contributed by atoms with Gasteiger partial charge in [0.15, 0.2) is 0 Å². The Bertz CT molecular complexity index is 708. The summed E-state index contributed by atoms with van der Waals surface area (Å²) in [5.41, 5.74) is 3.82. The largest absolute Gasteiger partial charge is 0.212 e. The third kappa shape index (κ3) is 1.91. The smallest absolute Gasteiger partial charge is 0.113 e. The molecule has 0 saturated heterocycles. The van der Waals surface area contributed by atoms with Crippen LogP contribution in [0.1, 0.15) is 5.56 Å². The maximum atomic E-state index is 5.98. The molecule has 0 bridgehead atoms. The minimum Gasteiger partial charge on any atom is -0.212 e. The van der Waals surface area contributed by atoms with E-state index in [-0.39, 0.29) is 0 Å². The lowest BCUT2D eigenvalue weighted by atomic mass is 10.2. The zero-order valence-electron chi connectivity index (χ0n) is 9.35. The SMILES string of the molecule is ClCc1ccc(Br)cc1-n1nnc2ccccc21. The molecular formula is C13H9BrClN3. The maximum absolute atomic E-state index is 5.98. The van der Waals surface area contributed by atoms with E-state index in [2.05, 4.69) is 26.2 Å². The van der Waals surface area contributed by atoms with E-state index in [1.807, 2.05) is 47.1 Å². The Kier molecular flexibility index (Phi) is 3.06. The van der Waals surface area contributed by atoms with E-state index in [4.69, 9.17) is 11.6 Å². The van der Waals surface area contributed by atoms with Crippen LogP contribution in [0, 0.1) is 0 Å². The fourth-order valence-electron chi connectivity index (χ4n) is 1.89. The number of aromatic nitrogens is 3. The van der Waals surface area contributed by atoms with Crippen molar-refractivity contribution in [1.82, 2.24) is 15.0 Å². The molecule has 2 aromatic carbocycles. The molecule has 0 fully saturated rings. The van der Waals surface area contributed by atoms with Gasteiger partial charge in [-0.05, 0) is 29.8 Å². The van der Waals surface area contributed by atoms with Crippen molar-refractivity contribution in [1.29, 1.82) is 0 Å². The summed E-state index contributed by atoms with van der Waals surface area (Å²) in [6.07, 6.45) is 0. The van der Waals surface area contributed by atoms with Crippen LogP contribution in [-0.4, -0.2) is 15.0 Å². The van der Waals surface area contributed by atoms with E-state index < -0.39 is 0 Å². The topological polar surface area (TPSA) is 30.7 Å². The molecular weight excluding hydrogens is 314 g/mol. The van der Waals surface area contributed by atoms with Crippen molar-refractivity contribution in [3.05, 3.63) is 52.5 Å². The van der Waals surface area contributed by atoms with Gasteiger partial charge in [0.2, 0.25) is 0 Å². The van der Waals surface area contributed by atoms with Crippen LogP contribution in [0.15, 0.2) is 46.9 Å². The van der Waals surface area contributed by atoms with Gasteiger partial charge in [-0.1, -0.05) is 39.3 Å². The van der Waals surface area contributed by atoms with Crippen LogP contribution < -0.4 is 0 Å². The first-order chi connectivity index (χ1) is 8.79. The van der Waals surface area contributed by atoms with Crippen LogP contribution in [-0.2, 0) is 5.88 Å². The molecule has 0 saturated carbocycles. The zero-order chi connectivity index (χ0) is 12.5. The lowest BCUT2D eigenvalue weighted by Gasteiger charge is -2.08. The molecule has 3 aromatic rings. The average Bonchev–Trinajstić information content (AvgIpc) is 2.82. The molecule has 90 valence electrons. The van der Waals surface area contributed by atoms with E-state index in [1.165, 1.54) is 0 Å². The van der Waals surface area contributed by atoms with Gasteiger partial charge in [0.1, 0.15) is 5.52 Å². The molecule has 0 aliphatic rings. The summed E-state index contributed by atoms with van der Waals surface area (Å²) < 4.78 is 2.81. The third-order valence-corrected chi connectivity index (χ3v) is 3.55. The number of alkyl halides is 1. The van der Waals surface area contributed by atoms with E-state index in [9.17, 15) is 0 Å². The van der Waals surface area contributed by atoms with Crippen LogP contribution in [0.2, 0.25) is 0 Å². The van der Waals surface area contributed by atoms with Crippen LogP contribution in [0.25, 0.3) is 16.7 Å². The molecule has 18 heavy (non-hydrogen) atoms. The molecule has 0 amide bonds. The van der Waals surface area contributed by atoms with Gasteiger partial charge in [-0.3, -0.25) is 0 Å². The van der Waals surface area contributed by atoms with Gasteiger partial charge in [0.25, 0.3) is 0 Å². The number of fused-ring (bicyclic) bond motifs is 1. The predicted molar refractivity (Wildman–Crippen MR) is 76.1 cm³/mol. The van der Waals surface area contributed by atoms with Crippen molar-refractivity contribution in [2.24, 2.45) is 0 Å².